The molecule has 0 atom stereocenters. The molecule has 0 saturated heterocycles. The molecule has 0 radical (unpaired) electrons. The molecule has 18 heavy (non-hydrogen) atoms. The van der Waals surface area contributed by atoms with E-state index in [-0.39, 0.29) is 5.69 Å². The number of nitrogens with one attached hydrogen (secondary N) is 1. The first-order valence-electron chi connectivity index (χ1n) is 6.13. The van der Waals surface area contributed by atoms with Gasteiger partial charge in [-0.15, -0.1) is 0 Å². The lowest BCUT2D eigenvalue weighted by atomic mass is 9.70. The number of carbonyl (C=O) groups excluding carboxylic acids is 1. The number of hydrogen-bond donors (Lipinski definition) is 2. The van der Waals surface area contributed by atoms with Crippen LogP contribution in [0.5, 0.6) is 0 Å². The molecule has 5 heteroatoms. The Bertz CT molecular complexity index is 456. The van der Waals surface area contributed by atoms with Crippen LogP contribution in [0, 0.1) is 5.41 Å². The van der Waals surface area contributed by atoms with E-state index in [1.54, 1.807) is 12.1 Å². The van der Waals surface area contributed by atoms with E-state index in [9.17, 15) is 4.79 Å². The molecule has 1 aromatic heterocycles. The summed E-state index contributed by atoms with van der Waals surface area (Å²) in [5.74, 6) is 0.110. The van der Waals surface area contributed by atoms with Crippen LogP contribution in [0.2, 0.25) is 0 Å². The maximum Gasteiger partial charge on any atom is 0.356 e. The van der Waals surface area contributed by atoms with Gasteiger partial charge in [-0.2, -0.15) is 0 Å². The zero-order valence-corrected chi connectivity index (χ0v) is 10.8. The minimum absolute atomic E-state index is 0.271. The first-order chi connectivity index (χ1) is 8.54. The van der Waals surface area contributed by atoms with Crippen LogP contribution in [-0.2, 0) is 4.74 Å². The number of hydrogen-bond acceptors (Lipinski definition) is 5. The number of pyridine rings is 1. The Morgan fingerprint density at radius 2 is 2.28 bits per heavy atom. The molecule has 1 aliphatic carbocycles. The molecule has 1 aliphatic rings. The average Bonchev–Trinajstić information content (AvgIpc) is 2.34. The van der Waals surface area contributed by atoms with Crippen molar-refractivity contribution in [3.8, 4) is 0 Å². The highest BCUT2D eigenvalue weighted by molar-refractivity contribution is 5.88. The Kier molecular flexibility index (Phi) is 3.41. The molecule has 1 aromatic rings. The molecule has 1 saturated carbocycles. The van der Waals surface area contributed by atoms with E-state index in [1.165, 1.54) is 26.4 Å². The summed E-state index contributed by atoms with van der Waals surface area (Å²) in [7, 11) is 1.34. The summed E-state index contributed by atoms with van der Waals surface area (Å²) in [5, 5.41) is 3.23. The number of nitrogens with two attached hydrogens (primary N) is 1. The van der Waals surface area contributed by atoms with Gasteiger partial charge >= 0.3 is 5.97 Å². The van der Waals surface area contributed by atoms with Crippen molar-refractivity contribution in [2.24, 2.45) is 5.41 Å². The largest absolute Gasteiger partial charge is 0.464 e. The number of carbonyl (C=O) groups is 1. The molecule has 98 valence electrons. The average molecular weight is 249 g/mol. The third-order valence-corrected chi connectivity index (χ3v) is 3.56. The highest BCUT2D eigenvalue weighted by Crippen LogP contribution is 2.40. The van der Waals surface area contributed by atoms with Crippen molar-refractivity contribution in [1.29, 1.82) is 0 Å². The Morgan fingerprint density at radius 3 is 2.83 bits per heavy atom. The highest BCUT2D eigenvalue weighted by atomic mass is 16.5. The third kappa shape index (κ3) is 2.55. The molecule has 5 nitrogen and oxygen atoms in total. The van der Waals surface area contributed by atoms with Crippen molar-refractivity contribution in [2.45, 2.75) is 26.2 Å². The van der Waals surface area contributed by atoms with Crippen LogP contribution in [0.25, 0.3) is 0 Å². The number of nitrogens with zero attached hydrogens (tertiary/aromatic N) is 1. The molecular weight excluding hydrogens is 230 g/mol. The first-order valence-corrected chi connectivity index (χ1v) is 6.13. The maximum atomic E-state index is 11.4. The Hall–Kier alpha value is -1.78. The fraction of sp³-hybridized carbons (Fsp3) is 0.538. The summed E-state index contributed by atoms with van der Waals surface area (Å²) in [4.78, 5) is 15.6. The molecule has 0 amide bonds. The van der Waals surface area contributed by atoms with Gasteiger partial charge in [-0.1, -0.05) is 13.3 Å². The molecular formula is C13H19N3O2. The monoisotopic (exact) mass is 249 g/mol. The Morgan fingerprint density at radius 1 is 1.56 bits per heavy atom. The summed E-state index contributed by atoms with van der Waals surface area (Å²) in [6, 6.07) is 3.24. The third-order valence-electron chi connectivity index (χ3n) is 3.56. The Labute approximate surface area is 107 Å². The van der Waals surface area contributed by atoms with Gasteiger partial charge in [0.15, 0.2) is 5.69 Å². The van der Waals surface area contributed by atoms with Crippen molar-refractivity contribution in [2.75, 3.05) is 24.7 Å². The van der Waals surface area contributed by atoms with E-state index in [0.29, 0.717) is 16.9 Å². The SMILES string of the molecule is COC(=O)c1ccc(N)c(NCC2(C)CCC2)n1. The quantitative estimate of drug-likeness (QED) is 0.799. The van der Waals surface area contributed by atoms with Gasteiger partial charge in [0, 0.05) is 6.54 Å². The molecule has 0 spiro atoms. The van der Waals surface area contributed by atoms with Crippen LogP contribution >= 0.6 is 0 Å². The van der Waals surface area contributed by atoms with Crippen molar-refractivity contribution in [3.63, 3.8) is 0 Å². The summed E-state index contributed by atoms with van der Waals surface area (Å²) < 4.78 is 4.64. The summed E-state index contributed by atoms with van der Waals surface area (Å²) in [6.45, 7) is 3.07. The van der Waals surface area contributed by atoms with E-state index in [2.05, 4.69) is 22.0 Å². The molecule has 0 aliphatic heterocycles. The second-order valence-electron chi connectivity index (χ2n) is 5.14. The second-order valence-corrected chi connectivity index (χ2v) is 5.14. The number of aromatic nitrogens is 1. The zero-order valence-electron chi connectivity index (χ0n) is 10.8. The van der Waals surface area contributed by atoms with Crippen LogP contribution in [0.3, 0.4) is 0 Å². The van der Waals surface area contributed by atoms with Crippen molar-refractivity contribution < 1.29 is 9.53 Å². The highest BCUT2D eigenvalue weighted by Gasteiger charge is 2.31. The topological polar surface area (TPSA) is 77.2 Å². The lowest BCUT2D eigenvalue weighted by molar-refractivity contribution is 0.0594. The van der Waals surface area contributed by atoms with Crippen LogP contribution < -0.4 is 11.1 Å². The van der Waals surface area contributed by atoms with Crippen molar-refractivity contribution in [1.82, 2.24) is 4.98 Å². The number of methoxy groups -OCH3 is 1. The molecule has 3 N–H and O–H groups in total. The standard InChI is InChI=1S/C13H19N3O2/c1-13(6-3-7-13)8-15-11-9(14)4-5-10(16-11)12(17)18-2/h4-5H,3,6-8,14H2,1-2H3,(H,15,16). The van der Waals surface area contributed by atoms with Gasteiger partial charge in [0.05, 0.1) is 12.8 Å². The van der Waals surface area contributed by atoms with Crippen LogP contribution in [0.15, 0.2) is 12.1 Å². The second kappa shape index (κ2) is 4.84. The molecule has 1 heterocycles. The fourth-order valence-corrected chi connectivity index (χ4v) is 2.08. The molecule has 0 unspecified atom stereocenters. The van der Waals surface area contributed by atoms with Gasteiger partial charge in [0.25, 0.3) is 0 Å². The fourth-order valence-electron chi connectivity index (χ4n) is 2.08. The van der Waals surface area contributed by atoms with Crippen molar-refractivity contribution in [3.05, 3.63) is 17.8 Å². The van der Waals surface area contributed by atoms with E-state index >= 15 is 0 Å². The van der Waals surface area contributed by atoms with E-state index in [0.717, 1.165) is 6.54 Å². The van der Waals surface area contributed by atoms with E-state index in [1.807, 2.05) is 0 Å². The number of esters is 1. The lowest BCUT2D eigenvalue weighted by Crippen LogP contribution is -2.33. The smallest absolute Gasteiger partial charge is 0.356 e. The van der Waals surface area contributed by atoms with Gasteiger partial charge < -0.3 is 15.8 Å². The summed E-state index contributed by atoms with van der Waals surface area (Å²) in [6.07, 6.45) is 3.72. The van der Waals surface area contributed by atoms with Gasteiger partial charge in [0.1, 0.15) is 5.82 Å². The van der Waals surface area contributed by atoms with Crippen LogP contribution in [0.4, 0.5) is 11.5 Å². The van der Waals surface area contributed by atoms with Crippen LogP contribution in [0.1, 0.15) is 36.7 Å². The number of rotatable bonds is 4. The number of nitrogen functional groups attached to an aromatic ring is 1. The molecule has 1 fully saturated rings. The maximum absolute atomic E-state index is 11.4. The van der Waals surface area contributed by atoms with Gasteiger partial charge in [-0.3, -0.25) is 0 Å². The lowest BCUT2D eigenvalue weighted by Gasteiger charge is -2.38. The minimum Gasteiger partial charge on any atom is -0.464 e. The normalized spacial score (nSPS) is 16.8. The Balaban J connectivity index is 2.08. The predicted molar refractivity (Wildman–Crippen MR) is 70.4 cm³/mol. The van der Waals surface area contributed by atoms with Crippen LogP contribution in [-0.4, -0.2) is 24.6 Å². The zero-order chi connectivity index (χ0) is 13.2. The summed E-state index contributed by atoms with van der Waals surface area (Å²) in [5.41, 5.74) is 6.99. The first kappa shape index (κ1) is 12.7. The predicted octanol–water partition coefficient (Wildman–Crippen LogP) is 2.05. The van der Waals surface area contributed by atoms with Gasteiger partial charge in [-0.05, 0) is 30.4 Å². The van der Waals surface area contributed by atoms with Gasteiger partial charge in [-0.25, -0.2) is 9.78 Å². The summed E-state index contributed by atoms with van der Waals surface area (Å²) >= 11 is 0. The minimum atomic E-state index is -0.451. The number of ether oxygens (including phenoxy) is 1. The van der Waals surface area contributed by atoms with Crippen molar-refractivity contribution >= 4 is 17.5 Å². The number of anilines is 2. The molecule has 0 aromatic carbocycles. The molecule has 2 rings (SSSR count). The van der Waals surface area contributed by atoms with E-state index < -0.39 is 5.97 Å². The molecule has 0 bridgehead atoms. The van der Waals surface area contributed by atoms with E-state index in [4.69, 9.17) is 5.73 Å². The van der Waals surface area contributed by atoms with Gasteiger partial charge in [0.2, 0.25) is 0 Å².